The topological polar surface area (TPSA) is 20.2 Å². The molecular formula is C14H18O. The lowest BCUT2D eigenvalue weighted by Gasteiger charge is -1.97. The van der Waals surface area contributed by atoms with Crippen LogP contribution in [0.5, 0.6) is 5.75 Å². The summed E-state index contributed by atoms with van der Waals surface area (Å²) >= 11 is 0. The molecule has 2 rings (SSSR count). The van der Waals surface area contributed by atoms with Crippen LogP contribution < -0.4 is 0 Å². The zero-order valence-electron chi connectivity index (χ0n) is 9.57. The summed E-state index contributed by atoms with van der Waals surface area (Å²) in [5, 5.41) is 11.4. The maximum absolute atomic E-state index is 9.37. The largest absolute Gasteiger partial charge is 0.507 e. The summed E-state index contributed by atoms with van der Waals surface area (Å²) in [6.07, 6.45) is 0. The molecule has 1 heteroatoms. The molecule has 0 bridgehead atoms. The molecule has 0 aromatic heterocycles. The van der Waals surface area contributed by atoms with Crippen molar-refractivity contribution in [1.82, 2.24) is 0 Å². The van der Waals surface area contributed by atoms with Gasteiger partial charge in [-0.2, -0.15) is 0 Å². The van der Waals surface area contributed by atoms with Crippen LogP contribution in [0.15, 0.2) is 42.5 Å². The zero-order chi connectivity index (χ0) is 11.3. The molecule has 0 spiro atoms. The Balaban J connectivity index is 0.000000245. The van der Waals surface area contributed by atoms with Crippen molar-refractivity contribution in [2.45, 2.75) is 20.8 Å². The van der Waals surface area contributed by atoms with Crippen molar-refractivity contribution in [3.8, 4) is 5.75 Å². The highest BCUT2D eigenvalue weighted by molar-refractivity contribution is 5.87. The highest BCUT2D eigenvalue weighted by Crippen LogP contribution is 2.22. The van der Waals surface area contributed by atoms with Crippen LogP contribution in [-0.2, 0) is 0 Å². The fourth-order valence-electron chi connectivity index (χ4n) is 1.21. The normalized spacial score (nSPS) is 9.87. The molecule has 1 N–H and O–H groups in total. The van der Waals surface area contributed by atoms with Crippen LogP contribution in [0.4, 0.5) is 0 Å². The number of benzene rings is 2. The van der Waals surface area contributed by atoms with Crippen molar-refractivity contribution in [3.05, 3.63) is 42.5 Å². The van der Waals surface area contributed by atoms with Crippen molar-refractivity contribution in [1.29, 1.82) is 0 Å². The lowest BCUT2D eigenvalue weighted by atomic mass is 10.1. The first-order chi connectivity index (χ1) is 7.11. The predicted molar refractivity (Wildman–Crippen MR) is 66.1 cm³/mol. The van der Waals surface area contributed by atoms with E-state index in [4.69, 9.17) is 0 Å². The van der Waals surface area contributed by atoms with Crippen molar-refractivity contribution in [2.75, 3.05) is 0 Å². The maximum Gasteiger partial charge on any atom is 0.123 e. The molecule has 0 aliphatic rings. The summed E-state index contributed by atoms with van der Waals surface area (Å²) in [5.74, 6) is 1.18. The molecule has 15 heavy (non-hydrogen) atoms. The molecule has 0 heterocycles. The Morgan fingerprint density at radius 1 is 0.867 bits per heavy atom. The monoisotopic (exact) mass is 202 g/mol. The van der Waals surface area contributed by atoms with E-state index >= 15 is 0 Å². The highest BCUT2D eigenvalue weighted by atomic mass is 16.3. The molecule has 2 aromatic carbocycles. The van der Waals surface area contributed by atoms with E-state index in [1.165, 1.54) is 0 Å². The molecule has 0 aliphatic carbocycles. The number of fused-ring (bicyclic) bond motifs is 1. The first-order valence-corrected chi connectivity index (χ1v) is 5.28. The van der Waals surface area contributed by atoms with Crippen LogP contribution in [-0.4, -0.2) is 5.11 Å². The summed E-state index contributed by atoms with van der Waals surface area (Å²) in [5.41, 5.74) is 0. The Labute approximate surface area is 91.4 Å². The lowest BCUT2D eigenvalue weighted by Crippen LogP contribution is -1.70. The first-order valence-electron chi connectivity index (χ1n) is 5.28. The van der Waals surface area contributed by atoms with Gasteiger partial charge in [-0.05, 0) is 17.4 Å². The van der Waals surface area contributed by atoms with Gasteiger partial charge in [0.1, 0.15) is 5.75 Å². The third-order valence-corrected chi connectivity index (χ3v) is 1.77. The second-order valence-corrected chi connectivity index (χ2v) is 4.23. The van der Waals surface area contributed by atoms with E-state index in [9.17, 15) is 5.11 Å². The minimum atomic E-state index is 0.350. The number of hydrogen-bond acceptors (Lipinski definition) is 1. The van der Waals surface area contributed by atoms with E-state index in [0.29, 0.717) is 5.75 Å². The minimum Gasteiger partial charge on any atom is -0.507 e. The maximum atomic E-state index is 9.37. The molecule has 0 fully saturated rings. The number of rotatable bonds is 0. The van der Waals surface area contributed by atoms with E-state index in [0.717, 1.165) is 16.7 Å². The average molecular weight is 202 g/mol. The fraction of sp³-hybridized carbons (Fsp3) is 0.286. The van der Waals surface area contributed by atoms with E-state index in [-0.39, 0.29) is 0 Å². The first kappa shape index (κ1) is 11.6. The Bertz CT molecular complexity index is 410. The molecule has 0 saturated heterocycles. The van der Waals surface area contributed by atoms with E-state index in [2.05, 4.69) is 20.8 Å². The smallest absolute Gasteiger partial charge is 0.123 e. The highest BCUT2D eigenvalue weighted by Gasteiger charge is 1.94. The molecule has 0 amide bonds. The number of phenolic OH excluding ortho intramolecular Hbond substituents is 1. The molecule has 80 valence electrons. The van der Waals surface area contributed by atoms with Crippen LogP contribution in [0.1, 0.15) is 20.8 Å². The summed E-state index contributed by atoms with van der Waals surface area (Å²) in [7, 11) is 0. The van der Waals surface area contributed by atoms with Crippen LogP contribution in [0.3, 0.4) is 0 Å². The van der Waals surface area contributed by atoms with Crippen LogP contribution in [0.2, 0.25) is 0 Å². The summed E-state index contributed by atoms with van der Waals surface area (Å²) in [4.78, 5) is 0. The van der Waals surface area contributed by atoms with Crippen molar-refractivity contribution < 1.29 is 5.11 Å². The fourth-order valence-corrected chi connectivity index (χ4v) is 1.21. The third kappa shape index (κ3) is 3.62. The lowest BCUT2D eigenvalue weighted by molar-refractivity contribution is 0.481. The van der Waals surface area contributed by atoms with E-state index in [1.54, 1.807) is 6.07 Å². The SMILES string of the molecule is CC(C)C.Oc1cccc2ccccc12. The van der Waals surface area contributed by atoms with Crippen LogP contribution in [0, 0.1) is 5.92 Å². The van der Waals surface area contributed by atoms with Crippen LogP contribution >= 0.6 is 0 Å². The molecule has 0 radical (unpaired) electrons. The summed E-state index contributed by atoms with van der Waals surface area (Å²) in [6, 6.07) is 13.3. The molecule has 1 nitrogen and oxygen atoms in total. The number of hydrogen-bond donors (Lipinski definition) is 1. The molecule has 0 atom stereocenters. The minimum absolute atomic E-state index is 0.350. The second kappa shape index (κ2) is 5.40. The summed E-state index contributed by atoms with van der Waals surface area (Å²) < 4.78 is 0. The average Bonchev–Trinajstić information content (AvgIpc) is 2.18. The van der Waals surface area contributed by atoms with Gasteiger partial charge in [0.2, 0.25) is 0 Å². The predicted octanol–water partition coefficient (Wildman–Crippen LogP) is 4.21. The zero-order valence-corrected chi connectivity index (χ0v) is 9.57. The van der Waals surface area contributed by atoms with Crippen LogP contribution in [0.25, 0.3) is 10.8 Å². The molecule has 2 aromatic rings. The van der Waals surface area contributed by atoms with Crippen molar-refractivity contribution in [3.63, 3.8) is 0 Å². The van der Waals surface area contributed by atoms with Gasteiger partial charge in [-0.25, -0.2) is 0 Å². The Morgan fingerprint density at radius 2 is 1.40 bits per heavy atom. The Kier molecular flexibility index (Phi) is 4.17. The standard InChI is InChI=1S/C10H8O.C4H10/c11-10-7-3-5-8-4-1-2-6-9(8)10;1-4(2)3/h1-7,11H;4H,1-3H3. The second-order valence-electron chi connectivity index (χ2n) is 4.23. The Hall–Kier alpha value is -1.50. The van der Waals surface area contributed by atoms with Gasteiger partial charge >= 0.3 is 0 Å². The van der Waals surface area contributed by atoms with Gasteiger partial charge in [-0.3, -0.25) is 0 Å². The van der Waals surface area contributed by atoms with Gasteiger partial charge in [0, 0.05) is 5.39 Å². The van der Waals surface area contributed by atoms with Gasteiger partial charge in [0.15, 0.2) is 0 Å². The molecule has 0 unspecified atom stereocenters. The third-order valence-electron chi connectivity index (χ3n) is 1.77. The number of aromatic hydroxyl groups is 1. The molecule has 0 saturated carbocycles. The molecular weight excluding hydrogens is 184 g/mol. The molecule has 0 aliphatic heterocycles. The Morgan fingerprint density at radius 3 is 2.00 bits per heavy atom. The number of phenols is 1. The van der Waals surface area contributed by atoms with Gasteiger partial charge in [-0.1, -0.05) is 57.2 Å². The van der Waals surface area contributed by atoms with Gasteiger partial charge in [-0.15, -0.1) is 0 Å². The summed E-state index contributed by atoms with van der Waals surface area (Å²) in [6.45, 7) is 6.50. The quantitative estimate of drug-likeness (QED) is 0.678. The van der Waals surface area contributed by atoms with Crippen molar-refractivity contribution in [2.24, 2.45) is 5.92 Å². The van der Waals surface area contributed by atoms with Gasteiger partial charge < -0.3 is 5.11 Å². The van der Waals surface area contributed by atoms with Gasteiger partial charge in [0.25, 0.3) is 0 Å². The van der Waals surface area contributed by atoms with E-state index in [1.807, 2.05) is 36.4 Å². The van der Waals surface area contributed by atoms with Gasteiger partial charge in [0.05, 0.1) is 0 Å². The van der Waals surface area contributed by atoms with Crippen molar-refractivity contribution >= 4 is 10.8 Å². The van der Waals surface area contributed by atoms with E-state index < -0.39 is 0 Å².